The lowest BCUT2D eigenvalue weighted by molar-refractivity contribution is -0.157. The van der Waals surface area contributed by atoms with Gasteiger partial charge in [-0.2, -0.15) is 0 Å². The van der Waals surface area contributed by atoms with Crippen molar-refractivity contribution in [1.29, 1.82) is 0 Å². The van der Waals surface area contributed by atoms with Crippen molar-refractivity contribution in [2.24, 2.45) is 11.3 Å². The number of hydrogen-bond acceptors (Lipinski definition) is 4. The van der Waals surface area contributed by atoms with Crippen LogP contribution in [0.1, 0.15) is 35.2 Å². The van der Waals surface area contributed by atoms with Gasteiger partial charge in [0.2, 0.25) is 5.91 Å². The van der Waals surface area contributed by atoms with Crippen LogP contribution in [0.2, 0.25) is 0 Å². The van der Waals surface area contributed by atoms with Gasteiger partial charge in [0.25, 0.3) is 5.91 Å². The van der Waals surface area contributed by atoms with Gasteiger partial charge in [-0.1, -0.05) is 12.1 Å². The van der Waals surface area contributed by atoms with Crippen LogP contribution in [0.25, 0.3) is 0 Å². The van der Waals surface area contributed by atoms with E-state index in [0.29, 0.717) is 44.7 Å². The fraction of sp³-hybridized carbons (Fsp3) is 0.550. The molecule has 0 unspecified atom stereocenters. The third kappa shape index (κ3) is 3.20. The average molecular weight is 372 g/mol. The van der Waals surface area contributed by atoms with Crippen LogP contribution in [0, 0.1) is 11.3 Å². The van der Waals surface area contributed by atoms with Crippen molar-refractivity contribution in [3.8, 4) is 0 Å². The van der Waals surface area contributed by atoms with Crippen molar-refractivity contribution in [3.63, 3.8) is 0 Å². The standard InChI is InChI=1S/C20H24N2O5/c23-17-2-1-8-21(17)10-14-3-5-15(6-4-14)18(24)22-11-16-12-27-9-7-20(16,13-22)19(25)26/h3-6,16H,1-2,7-13H2,(H,25,26)/t16-,20+/m0/s1. The maximum atomic E-state index is 12.9. The van der Waals surface area contributed by atoms with Crippen molar-refractivity contribution >= 4 is 17.8 Å². The minimum Gasteiger partial charge on any atom is -0.481 e. The highest BCUT2D eigenvalue weighted by Crippen LogP contribution is 2.42. The number of benzene rings is 1. The fourth-order valence-corrected chi connectivity index (χ4v) is 4.48. The number of carbonyl (C=O) groups excluding carboxylic acids is 2. The fourth-order valence-electron chi connectivity index (χ4n) is 4.48. The van der Waals surface area contributed by atoms with Crippen LogP contribution in [-0.4, -0.2) is 65.5 Å². The summed E-state index contributed by atoms with van der Waals surface area (Å²) in [6, 6.07) is 7.28. The van der Waals surface area contributed by atoms with Crippen molar-refractivity contribution in [3.05, 3.63) is 35.4 Å². The number of amides is 2. The number of hydrogen-bond donors (Lipinski definition) is 1. The Morgan fingerprint density at radius 2 is 2.04 bits per heavy atom. The van der Waals surface area contributed by atoms with Crippen LogP contribution in [0.15, 0.2) is 24.3 Å². The summed E-state index contributed by atoms with van der Waals surface area (Å²) in [4.78, 5) is 40.0. The van der Waals surface area contributed by atoms with Crippen LogP contribution in [0.5, 0.6) is 0 Å². The third-order valence-electron chi connectivity index (χ3n) is 6.17. The van der Waals surface area contributed by atoms with E-state index in [0.717, 1.165) is 18.5 Å². The van der Waals surface area contributed by atoms with Gasteiger partial charge in [-0.25, -0.2) is 0 Å². The summed E-state index contributed by atoms with van der Waals surface area (Å²) in [6.07, 6.45) is 1.96. The smallest absolute Gasteiger partial charge is 0.311 e. The molecule has 0 spiro atoms. The van der Waals surface area contributed by atoms with Crippen molar-refractivity contribution in [2.45, 2.75) is 25.8 Å². The lowest BCUT2D eigenvalue weighted by Crippen LogP contribution is -2.45. The van der Waals surface area contributed by atoms with E-state index in [1.807, 2.05) is 17.0 Å². The molecule has 0 aliphatic carbocycles. The molecule has 7 nitrogen and oxygen atoms in total. The lowest BCUT2D eigenvalue weighted by atomic mass is 9.74. The molecule has 3 aliphatic heterocycles. The summed E-state index contributed by atoms with van der Waals surface area (Å²) in [5.74, 6) is -0.963. The van der Waals surface area contributed by atoms with Crippen LogP contribution < -0.4 is 0 Å². The van der Waals surface area contributed by atoms with E-state index in [-0.39, 0.29) is 24.3 Å². The number of carbonyl (C=O) groups is 3. The molecule has 0 bridgehead atoms. The summed E-state index contributed by atoms with van der Waals surface area (Å²) in [7, 11) is 0. The molecule has 1 aromatic carbocycles. The number of nitrogens with zero attached hydrogens (tertiary/aromatic N) is 2. The Labute approximate surface area is 157 Å². The van der Waals surface area contributed by atoms with Gasteiger partial charge in [-0.15, -0.1) is 0 Å². The Morgan fingerprint density at radius 1 is 1.26 bits per heavy atom. The van der Waals surface area contributed by atoms with Crippen LogP contribution >= 0.6 is 0 Å². The number of fused-ring (bicyclic) bond motifs is 1. The molecular weight excluding hydrogens is 348 g/mol. The predicted molar refractivity (Wildman–Crippen MR) is 96.0 cm³/mol. The second-order valence-electron chi connectivity index (χ2n) is 7.78. The lowest BCUT2D eigenvalue weighted by Gasteiger charge is -2.33. The highest BCUT2D eigenvalue weighted by molar-refractivity contribution is 5.95. The van der Waals surface area contributed by atoms with Crippen LogP contribution in [0.3, 0.4) is 0 Å². The largest absolute Gasteiger partial charge is 0.481 e. The molecular formula is C20H24N2O5. The van der Waals surface area contributed by atoms with E-state index in [4.69, 9.17) is 4.74 Å². The van der Waals surface area contributed by atoms with E-state index in [2.05, 4.69) is 0 Å². The van der Waals surface area contributed by atoms with Crippen LogP contribution in [0.4, 0.5) is 0 Å². The summed E-state index contributed by atoms with van der Waals surface area (Å²) in [6.45, 7) is 2.81. The molecule has 144 valence electrons. The Hall–Kier alpha value is -2.41. The highest BCUT2D eigenvalue weighted by Gasteiger charge is 2.54. The van der Waals surface area contributed by atoms with E-state index in [1.165, 1.54) is 0 Å². The Balaban J connectivity index is 1.45. The first-order valence-corrected chi connectivity index (χ1v) is 9.47. The second-order valence-corrected chi connectivity index (χ2v) is 7.78. The normalized spacial score (nSPS) is 27.7. The molecule has 0 aromatic heterocycles. The molecule has 0 radical (unpaired) electrons. The zero-order valence-electron chi connectivity index (χ0n) is 15.2. The number of likely N-dealkylation sites (tertiary alicyclic amines) is 2. The third-order valence-corrected chi connectivity index (χ3v) is 6.17. The number of ether oxygens (including phenoxy) is 1. The first kappa shape index (κ1) is 18.0. The maximum Gasteiger partial charge on any atom is 0.311 e. The zero-order chi connectivity index (χ0) is 19.0. The molecule has 1 N–H and O–H groups in total. The SMILES string of the molecule is O=C1CCCN1Cc1ccc(C(=O)N2C[C@H]3COCC[C@@]3(C(=O)O)C2)cc1. The minimum atomic E-state index is -0.885. The first-order chi connectivity index (χ1) is 13.0. The molecule has 0 saturated carbocycles. The number of carboxylic acids is 1. The zero-order valence-corrected chi connectivity index (χ0v) is 15.2. The first-order valence-electron chi connectivity index (χ1n) is 9.47. The van der Waals surface area contributed by atoms with Crippen molar-refractivity contribution < 1.29 is 24.2 Å². The Kier molecular flexibility index (Phi) is 4.63. The Bertz CT molecular complexity index is 762. The summed E-state index contributed by atoms with van der Waals surface area (Å²) >= 11 is 0. The number of aliphatic carboxylic acids is 1. The molecule has 3 saturated heterocycles. The van der Waals surface area contributed by atoms with Gasteiger partial charge in [0, 0.05) is 50.7 Å². The van der Waals surface area contributed by atoms with E-state index in [1.54, 1.807) is 17.0 Å². The van der Waals surface area contributed by atoms with Crippen molar-refractivity contribution in [1.82, 2.24) is 9.80 Å². The van der Waals surface area contributed by atoms with E-state index < -0.39 is 11.4 Å². The van der Waals surface area contributed by atoms with E-state index >= 15 is 0 Å². The molecule has 2 atom stereocenters. The summed E-state index contributed by atoms with van der Waals surface area (Å²) in [5.41, 5.74) is 0.656. The molecule has 3 heterocycles. The quantitative estimate of drug-likeness (QED) is 0.863. The van der Waals surface area contributed by atoms with E-state index in [9.17, 15) is 19.5 Å². The summed E-state index contributed by atoms with van der Waals surface area (Å²) in [5, 5.41) is 9.74. The van der Waals surface area contributed by atoms with Crippen LogP contribution in [-0.2, 0) is 20.9 Å². The van der Waals surface area contributed by atoms with Gasteiger partial charge in [-0.05, 0) is 30.5 Å². The molecule has 4 rings (SSSR count). The Morgan fingerprint density at radius 3 is 2.67 bits per heavy atom. The monoisotopic (exact) mass is 372 g/mol. The predicted octanol–water partition coefficient (Wildman–Crippen LogP) is 1.37. The van der Waals surface area contributed by atoms with Gasteiger partial charge in [0.15, 0.2) is 0 Å². The van der Waals surface area contributed by atoms with Crippen molar-refractivity contribution in [2.75, 3.05) is 32.8 Å². The molecule has 3 aliphatic rings. The molecule has 1 aromatic rings. The molecule has 3 fully saturated rings. The van der Waals surface area contributed by atoms with Gasteiger partial charge in [0.05, 0.1) is 12.0 Å². The maximum absolute atomic E-state index is 12.9. The number of carboxylic acid groups (broad SMARTS) is 1. The van der Waals surface area contributed by atoms with Gasteiger partial charge in [0.1, 0.15) is 0 Å². The highest BCUT2D eigenvalue weighted by atomic mass is 16.5. The summed E-state index contributed by atoms with van der Waals surface area (Å²) < 4.78 is 5.45. The second kappa shape index (κ2) is 6.96. The molecule has 2 amide bonds. The topological polar surface area (TPSA) is 87.2 Å². The van der Waals surface area contributed by atoms with Gasteiger partial charge < -0.3 is 19.6 Å². The van der Waals surface area contributed by atoms with Gasteiger partial charge >= 0.3 is 5.97 Å². The molecule has 7 heteroatoms. The van der Waals surface area contributed by atoms with Gasteiger partial charge in [-0.3, -0.25) is 14.4 Å². The number of rotatable bonds is 4. The molecule has 27 heavy (non-hydrogen) atoms. The average Bonchev–Trinajstić information content (AvgIpc) is 3.26. The minimum absolute atomic E-state index is 0.145.